The van der Waals surface area contributed by atoms with Crippen molar-refractivity contribution in [2.45, 2.75) is 29.5 Å². The minimum Gasteiger partial charge on any atom is -0.309 e. The lowest BCUT2D eigenvalue weighted by molar-refractivity contribution is 0.577. The molecule has 0 spiro atoms. The lowest BCUT2D eigenvalue weighted by Gasteiger charge is -2.16. The Morgan fingerprint density at radius 3 is 2.47 bits per heavy atom. The van der Waals surface area contributed by atoms with Crippen molar-refractivity contribution in [1.29, 1.82) is 0 Å². The highest BCUT2D eigenvalue weighted by atomic mass is 32.2. The Kier molecular flexibility index (Phi) is 4.43. The summed E-state index contributed by atoms with van der Waals surface area (Å²) in [6, 6.07) is 6.88. The quantitative estimate of drug-likeness (QED) is 0.893. The van der Waals surface area contributed by atoms with E-state index in [0.29, 0.717) is 10.6 Å². The van der Waals surface area contributed by atoms with E-state index < -0.39 is 20.6 Å². The van der Waals surface area contributed by atoms with E-state index >= 15 is 0 Å². The van der Waals surface area contributed by atoms with E-state index in [-0.39, 0.29) is 11.3 Å². The van der Waals surface area contributed by atoms with Gasteiger partial charge in [-0.3, -0.25) is 4.21 Å². The number of hydrogen-bond acceptors (Lipinski definition) is 4. The molecule has 1 aliphatic rings. The Bertz CT molecular complexity index is 566. The van der Waals surface area contributed by atoms with E-state index in [0.717, 1.165) is 18.5 Å². The maximum Gasteiger partial charge on any atom is 0.175 e. The van der Waals surface area contributed by atoms with Crippen molar-refractivity contribution >= 4 is 20.6 Å². The molecule has 4 nitrogen and oxygen atoms in total. The van der Waals surface area contributed by atoms with Crippen LogP contribution in [0.4, 0.5) is 0 Å². The van der Waals surface area contributed by atoms with Gasteiger partial charge in [0.25, 0.3) is 0 Å². The largest absolute Gasteiger partial charge is 0.309 e. The van der Waals surface area contributed by atoms with Gasteiger partial charge in [0.2, 0.25) is 0 Å². The minimum atomic E-state index is -3.16. The van der Waals surface area contributed by atoms with Crippen LogP contribution in [-0.2, 0) is 20.6 Å². The molecule has 0 aliphatic carbocycles. The molecule has 1 aromatic rings. The summed E-state index contributed by atoms with van der Waals surface area (Å²) in [4.78, 5) is 0.319. The maximum atomic E-state index is 12.0. The Hall–Kier alpha value is -0.720. The van der Waals surface area contributed by atoms with Crippen molar-refractivity contribution < 1.29 is 12.6 Å². The second-order valence-electron chi connectivity index (χ2n) is 4.99. The molecular weight excluding hydrogens is 282 g/mol. The predicted molar refractivity (Wildman–Crippen MR) is 77.4 cm³/mol. The summed E-state index contributed by atoms with van der Waals surface area (Å²) in [6.45, 7) is 2.85. The summed E-state index contributed by atoms with van der Waals surface area (Å²) in [5.74, 6) is 0.583. The lowest BCUT2D eigenvalue weighted by Crippen LogP contribution is -2.23. The summed E-state index contributed by atoms with van der Waals surface area (Å²) in [6.07, 6.45) is 2.10. The fourth-order valence-corrected chi connectivity index (χ4v) is 4.12. The Balaban J connectivity index is 2.20. The third-order valence-corrected chi connectivity index (χ3v) is 6.36. The first kappa shape index (κ1) is 14.7. The molecule has 3 atom stereocenters. The summed E-state index contributed by atoms with van der Waals surface area (Å²) >= 11 is 0. The fraction of sp³-hybridized carbons (Fsp3) is 0.538. The molecule has 1 saturated heterocycles. The average Bonchev–Trinajstić information content (AvgIpc) is 2.51. The van der Waals surface area contributed by atoms with Gasteiger partial charge in [-0.05, 0) is 30.7 Å². The molecule has 19 heavy (non-hydrogen) atoms. The van der Waals surface area contributed by atoms with Crippen LogP contribution in [-0.4, -0.2) is 36.4 Å². The Morgan fingerprint density at radius 1 is 1.26 bits per heavy atom. The van der Waals surface area contributed by atoms with Crippen molar-refractivity contribution in [2.75, 3.05) is 18.6 Å². The highest BCUT2D eigenvalue weighted by Crippen LogP contribution is 2.21. The van der Waals surface area contributed by atoms with Crippen molar-refractivity contribution in [3.63, 3.8) is 0 Å². The Morgan fingerprint density at radius 2 is 1.89 bits per heavy atom. The molecule has 1 N–H and O–H groups in total. The Labute approximate surface area is 117 Å². The molecule has 6 heteroatoms. The number of nitrogens with one attached hydrogen (secondary N) is 1. The van der Waals surface area contributed by atoms with Crippen LogP contribution in [0, 0.1) is 0 Å². The molecule has 0 bridgehead atoms. The van der Waals surface area contributed by atoms with Gasteiger partial charge in [-0.15, -0.1) is 0 Å². The van der Waals surface area contributed by atoms with Crippen LogP contribution in [0.1, 0.15) is 24.9 Å². The highest BCUT2D eigenvalue weighted by Gasteiger charge is 2.22. The first-order valence-corrected chi connectivity index (χ1v) is 9.56. The van der Waals surface area contributed by atoms with Crippen molar-refractivity contribution in [1.82, 2.24) is 5.32 Å². The van der Waals surface area contributed by atoms with Gasteiger partial charge in [0.15, 0.2) is 9.84 Å². The first-order chi connectivity index (χ1) is 8.88. The molecular formula is C13H19NO3S2. The van der Waals surface area contributed by atoms with E-state index in [2.05, 4.69) is 5.32 Å². The number of hydrogen-bond donors (Lipinski definition) is 1. The summed E-state index contributed by atoms with van der Waals surface area (Å²) in [5.41, 5.74) is 0.995. The van der Waals surface area contributed by atoms with Crippen LogP contribution in [0.5, 0.6) is 0 Å². The summed E-state index contributed by atoms with van der Waals surface area (Å²) in [7, 11) is -3.99. The normalized spacial score (nSPS) is 28.8. The molecule has 0 amide bonds. The predicted octanol–water partition coefficient (Wildman–Crippen LogP) is 1.26. The van der Waals surface area contributed by atoms with Gasteiger partial charge in [-0.2, -0.15) is 0 Å². The topological polar surface area (TPSA) is 63.2 Å². The average molecular weight is 301 g/mol. The summed E-state index contributed by atoms with van der Waals surface area (Å²) in [5, 5.41) is 3.59. The molecule has 0 aromatic heterocycles. The van der Waals surface area contributed by atoms with E-state index in [1.54, 1.807) is 24.3 Å². The number of benzene rings is 1. The van der Waals surface area contributed by atoms with Crippen molar-refractivity contribution in [3.8, 4) is 0 Å². The van der Waals surface area contributed by atoms with Gasteiger partial charge in [0, 0.05) is 34.1 Å². The van der Waals surface area contributed by atoms with Gasteiger partial charge >= 0.3 is 0 Å². The highest BCUT2D eigenvalue weighted by molar-refractivity contribution is 7.90. The monoisotopic (exact) mass is 301 g/mol. The minimum absolute atomic E-state index is 0.0411. The zero-order chi connectivity index (χ0) is 14.0. The molecule has 3 unspecified atom stereocenters. The van der Waals surface area contributed by atoms with Crippen LogP contribution in [0.3, 0.4) is 0 Å². The zero-order valence-corrected chi connectivity index (χ0v) is 12.8. The van der Waals surface area contributed by atoms with Gasteiger partial charge in [-0.1, -0.05) is 19.1 Å². The second-order valence-corrected chi connectivity index (χ2v) is 8.91. The first-order valence-electron chi connectivity index (χ1n) is 6.28. The molecule has 0 saturated carbocycles. The lowest BCUT2D eigenvalue weighted by atomic mass is 10.1. The van der Waals surface area contributed by atoms with Crippen LogP contribution >= 0.6 is 0 Å². The summed E-state index contributed by atoms with van der Waals surface area (Å²) < 4.78 is 34.8. The zero-order valence-electron chi connectivity index (χ0n) is 11.1. The number of sulfone groups is 1. The molecule has 2 rings (SSSR count). The van der Waals surface area contributed by atoms with Gasteiger partial charge < -0.3 is 5.32 Å². The molecule has 1 fully saturated rings. The van der Waals surface area contributed by atoms with E-state index in [1.807, 2.05) is 6.92 Å². The van der Waals surface area contributed by atoms with E-state index in [9.17, 15) is 12.6 Å². The van der Waals surface area contributed by atoms with Crippen LogP contribution < -0.4 is 5.32 Å². The van der Waals surface area contributed by atoms with E-state index in [1.165, 1.54) is 6.26 Å². The van der Waals surface area contributed by atoms with Crippen LogP contribution in [0.15, 0.2) is 29.2 Å². The molecule has 1 aromatic carbocycles. The molecule has 1 heterocycles. The SMILES string of the molecule is CC1CCNC(c2ccc(S(C)(=O)=O)cc2)CS1=O. The molecule has 106 valence electrons. The third kappa shape index (κ3) is 3.64. The molecule has 1 aliphatic heterocycles. The van der Waals surface area contributed by atoms with Gasteiger partial charge in [0.05, 0.1) is 4.90 Å². The second kappa shape index (κ2) is 5.73. The smallest absolute Gasteiger partial charge is 0.175 e. The van der Waals surface area contributed by atoms with Gasteiger partial charge in [-0.25, -0.2) is 8.42 Å². The van der Waals surface area contributed by atoms with Crippen LogP contribution in [0.25, 0.3) is 0 Å². The fourth-order valence-electron chi connectivity index (χ4n) is 2.14. The molecule has 0 radical (unpaired) electrons. The van der Waals surface area contributed by atoms with Gasteiger partial charge in [0.1, 0.15) is 0 Å². The standard InChI is InChI=1S/C13H19NO3S2/c1-10-7-8-14-13(9-18(10)15)11-3-5-12(6-4-11)19(2,16)17/h3-6,10,13-14H,7-9H2,1-2H3. The van der Waals surface area contributed by atoms with Crippen molar-refractivity contribution in [3.05, 3.63) is 29.8 Å². The van der Waals surface area contributed by atoms with E-state index in [4.69, 9.17) is 0 Å². The third-order valence-electron chi connectivity index (χ3n) is 3.43. The van der Waals surface area contributed by atoms with Crippen LogP contribution in [0.2, 0.25) is 0 Å². The maximum absolute atomic E-state index is 12.0. The number of rotatable bonds is 2. The van der Waals surface area contributed by atoms with Crippen molar-refractivity contribution in [2.24, 2.45) is 0 Å².